The largest absolute Gasteiger partial charge is 0.502 e. The summed E-state index contributed by atoms with van der Waals surface area (Å²) in [7, 11) is 2.74. The summed E-state index contributed by atoms with van der Waals surface area (Å²) in [4.78, 5) is 118. The second kappa shape index (κ2) is 24.9. The lowest BCUT2D eigenvalue weighted by atomic mass is 9.89. The summed E-state index contributed by atoms with van der Waals surface area (Å²) in [5.74, 6) is -7.33. The van der Waals surface area contributed by atoms with Gasteiger partial charge in [-0.25, -0.2) is 0 Å². The van der Waals surface area contributed by atoms with Crippen LogP contribution in [0.15, 0.2) is 73.5 Å². The molecule has 2 aliphatic rings. The van der Waals surface area contributed by atoms with Gasteiger partial charge in [-0.05, 0) is 81.5 Å². The van der Waals surface area contributed by atoms with E-state index in [2.05, 4.69) is 27.8 Å². The van der Waals surface area contributed by atoms with Crippen molar-refractivity contribution in [2.24, 2.45) is 17.8 Å². The van der Waals surface area contributed by atoms with Gasteiger partial charge < -0.3 is 55.9 Å². The Kier molecular flexibility index (Phi) is 19.5. The number of phenols is 1. The molecule has 2 aliphatic heterocycles. The van der Waals surface area contributed by atoms with Gasteiger partial charge in [0.15, 0.2) is 5.75 Å². The molecule has 7 amide bonds. The first kappa shape index (κ1) is 58.8. The van der Waals surface area contributed by atoms with Crippen molar-refractivity contribution < 1.29 is 53.8 Å². The van der Waals surface area contributed by atoms with E-state index in [1.807, 2.05) is 50.5 Å². The highest BCUT2D eigenvalue weighted by Crippen LogP contribution is 2.33. The number of nitro benzene ring substituents is 1. The predicted molar refractivity (Wildman–Crippen MR) is 280 cm³/mol. The van der Waals surface area contributed by atoms with Crippen molar-refractivity contribution in [1.29, 1.82) is 0 Å². The number of para-hydroxylation sites is 1. The number of carbonyl (C=O) groups is 7. The molecule has 0 spiro atoms. The molecule has 2 saturated heterocycles. The van der Waals surface area contributed by atoms with Crippen molar-refractivity contribution in [2.75, 3.05) is 20.7 Å². The maximum Gasteiger partial charge on any atom is 0.310 e. The number of hydrogen-bond acceptors (Lipinski definition) is 12. The molecule has 0 saturated carbocycles. The fourth-order valence-electron chi connectivity index (χ4n) is 9.82. The Balaban J connectivity index is 1.72. The zero-order valence-corrected chi connectivity index (χ0v) is 44.6. The molecule has 75 heavy (non-hydrogen) atoms. The molecule has 21 heteroatoms. The number of piperidine rings is 1. The molecule has 1 aromatic heterocycles. The number of aliphatic hydroxyl groups excluding tert-OH is 2. The van der Waals surface area contributed by atoms with E-state index < -0.39 is 118 Å². The van der Waals surface area contributed by atoms with Crippen LogP contribution in [0.25, 0.3) is 10.9 Å². The van der Waals surface area contributed by atoms with E-state index in [0.29, 0.717) is 16.5 Å². The van der Waals surface area contributed by atoms with E-state index in [9.17, 15) is 54.2 Å². The number of carbonyl (C=O) groups excluding carboxylic acids is 7. The third-order valence-electron chi connectivity index (χ3n) is 14.3. The molecule has 10 atom stereocenters. The van der Waals surface area contributed by atoms with Gasteiger partial charge in [-0.3, -0.25) is 43.7 Å². The molecule has 3 aromatic rings. The van der Waals surface area contributed by atoms with Gasteiger partial charge >= 0.3 is 5.69 Å². The average molecular weight is 1040 g/mol. The van der Waals surface area contributed by atoms with Crippen molar-refractivity contribution in [3.05, 3.63) is 94.7 Å². The first-order valence-corrected chi connectivity index (χ1v) is 25.4. The second-order valence-electron chi connectivity index (χ2n) is 21.0. The van der Waals surface area contributed by atoms with Gasteiger partial charge in [0.25, 0.3) is 0 Å². The minimum Gasteiger partial charge on any atom is -0.502 e. The Bertz CT molecular complexity index is 2670. The van der Waals surface area contributed by atoms with Crippen LogP contribution in [0.4, 0.5) is 5.69 Å². The summed E-state index contributed by atoms with van der Waals surface area (Å²) in [6.45, 7) is 17.4. The van der Waals surface area contributed by atoms with Gasteiger partial charge in [0.05, 0.1) is 17.1 Å². The number of likely N-dealkylation sites (N-methyl/N-ethyl adjacent to an activating group) is 2. The number of rotatable bonds is 14. The number of amides is 7. The summed E-state index contributed by atoms with van der Waals surface area (Å²) in [6.07, 6.45) is 4.61. The number of nitro groups is 1. The van der Waals surface area contributed by atoms with E-state index in [4.69, 9.17) is 0 Å². The Morgan fingerprint density at radius 1 is 0.813 bits per heavy atom. The van der Waals surface area contributed by atoms with Crippen molar-refractivity contribution in [3.8, 4) is 5.75 Å². The van der Waals surface area contributed by atoms with Crippen molar-refractivity contribution in [2.45, 2.75) is 148 Å². The van der Waals surface area contributed by atoms with Crippen LogP contribution in [0, 0.1) is 27.9 Å². The minimum absolute atomic E-state index is 0.0221. The maximum absolute atomic E-state index is 15.3. The van der Waals surface area contributed by atoms with Crippen molar-refractivity contribution >= 4 is 57.9 Å². The molecule has 0 aliphatic carbocycles. The van der Waals surface area contributed by atoms with Crippen LogP contribution in [0.1, 0.15) is 92.2 Å². The molecule has 408 valence electrons. The normalized spacial score (nSPS) is 26.0. The number of fused-ring (bicyclic) bond motifs is 3. The van der Waals surface area contributed by atoms with E-state index in [1.165, 1.54) is 32.0 Å². The Labute approximate surface area is 437 Å². The van der Waals surface area contributed by atoms with Gasteiger partial charge in [0.1, 0.15) is 48.5 Å². The Morgan fingerprint density at radius 3 is 2.03 bits per heavy atom. The van der Waals surface area contributed by atoms with Crippen LogP contribution in [-0.2, 0) is 51.9 Å². The second-order valence-corrected chi connectivity index (χ2v) is 21.0. The maximum atomic E-state index is 15.3. The predicted octanol–water partition coefficient (Wildman–Crippen LogP) is 3.17. The molecule has 2 bridgehead atoms. The molecule has 2 aromatic carbocycles. The minimum atomic E-state index is -1.55. The zero-order chi connectivity index (χ0) is 55.8. The smallest absolute Gasteiger partial charge is 0.310 e. The molecule has 0 unspecified atom stereocenters. The van der Waals surface area contributed by atoms with E-state index in [1.54, 1.807) is 51.3 Å². The van der Waals surface area contributed by atoms with Crippen molar-refractivity contribution in [3.63, 3.8) is 0 Å². The lowest BCUT2D eigenvalue weighted by Gasteiger charge is -2.46. The third-order valence-corrected chi connectivity index (χ3v) is 14.3. The molecular weight excluding hydrogens is 967 g/mol. The van der Waals surface area contributed by atoms with Gasteiger partial charge in [0, 0.05) is 56.0 Å². The SMILES string of the molecule is C=C[C@](C)(CO)n1cc(C[C@@H]2NC(=O)[C@H](C/C=C/C)NC(=O)[C@H](CC(C)C)N3C(=O)[C@H](C[C@H](C)[C@H]3O)N(C)C(=O)[C@H](C)NC(=O)[C@H](Cc3ccc(O)c([N+](=O)[O-])c3)NC(=O)[C@H](CC(C)C)N(C)C2=O)c2ccccc21. The highest BCUT2D eigenvalue weighted by Gasteiger charge is 2.48. The Morgan fingerprint density at radius 2 is 1.41 bits per heavy atom. The zero-order valence-electron chi connectivity index (χ0n) is 44.6. The molecular formula is C54H75N9O12. The van der Waals surface area contributed by atoms with Gasteiger partial charge in [-0.1, -0.05) is 77.1 Å². The number of allylic oxidation sites excluding steroid dienone is 1. The monoisotopic (exact) mass is 1040 g/mol. The topological polar surface area (TPSA) is 286 Å². The number of aromatic nitrogens is 1. The standard InChI is InChI=1S/C54H75N9O12/c1-12-14-18-37-46(66)58-39(27-35-28-61(54(9,13-2)29-64)40-19-16-15-17-36(35)40)52(72)59(10)42(22-30(3)4)48(68)57-38(25-34-20-21-45(65)41(26-34)63(74)75)47(67)55-33(8)51(71)60(11)44-24-32(7)50(70)62(53(44)73)43(23-31(5)6)49(69)56-37/h12-17,19-21,26,28,30-33,37-39,42-44,50,64-65,70H,2,18,22-25,27,29H2,1,3-11H3,(H,55,67)(H,56,69)(H,57,68)(H,58,66)/b14-12+/t32-,33-,37-,38-,39-,42-,43-,44-,50+,54+/m0/s1. The summed E-state index contributed by atoms with van der Waals surface area (Å²) in [5.41, 5.74) is -0.268. The fourth-order valence-corrected chi connectivity index (χ4v) is 9.82. The number of aromatic hydroxyl groups is 1. The van der Waals surface area contributed by atoms with E-state index in [-0.39, 0.29) is 62.5 Å². The van der Waals surface area contributed by atoms with Crippen LogP contribution in [0.3, 0.4) is 0 Å². The first-order valence-electron chi connectivity index (χ1n) is 25.4. The van der Waals surface area contributed by atoms with Gasteiger partial charge in [0.2, 0.25) is 41.4 Å². The number of hydrogen-bond donors (Lipinski definition) is 7. The van der Waals surface area contributed by atoms with Crippen LogP contribution in [0.2, 0.25) is 0 Å². The molecule has 5 rings (SSSR count). The van der Waals surface area contributed by atoms with Crippen LogP contribution >= 0.6 is 0 Å². The fraction of sp³-hybridized carbons (Fsp3) is 0.537. The Hall–Kier alpha value is -7.13. The quantitative estimate of drug-likeness (QED) is 0.0697. The molecule has 7 N–H and O–H groups in total. The van der Waals surface area contributed by atoms with Crippen LogP contribution < -0.4 is 21.3 Å². The molecule has 0 radical (unpaired) electrons. The number of nitrogens with zero attached hydrogens (tertiary/aromatic N) is 5. The highest BCUT2D eigenvalue weighted by molar-refractivity contribution is 5.99. The first-order chi connectivity index (χ1) is 35.3. The molecule has 2 fully saturated rings. The average Bonchev–Trinajstić information content (AvgIpc) is 3.74. The van der Waals surface area contributed by atoms with Crippen LogP contribution in [0.5, 0.6) is 5.75 Å². The summed E-state index contributed by atoms with van der Waals surface area (Å²) >= 11 is 0. The van der Waals surface area contributed by atoms with E-state index >= 15 is 4.79 Å². The summed E-state index contributed by atoms with van der Waals surface area (Å²) in [5, 5.41) is 56.2. The van der Waals surface area contributed by atoms with Gasteiger partial charge in [-0.2, -0.15) is 0 Å². The van der Waals surface area contributed by atoms with E-state index in [0.717, 1.165) is 21.9 Å². The number of benzene rings is 2. The number of aliphatic hydroxyl groups is 2. The number of phenolic OH excluding ortho intramolecular Hbond substituents is 1. The van der Waals surface area contributed by atoms with Gasteiger partial charge in [-0.15, -0.1) is 6.58 Å². The summed E-state index contributed by atoms with van der Waals surface area (Å²) in [6, 6.07) is 1.14. The third kappa shape index (κ3) is 13.4. The lowest BCUT2D eigenvalue weighted by Crippen LogP contribution is -2.66. The highest BCUT2D eigenvalue weighted by atomic mass is 16.6. The summed E-state index contributed by atoms with van der Waals surface area (Å²) < 4.78 is 1.82. The molecule has 21 nitrogen and oxygen atoms in total. The number of nitrogens with one attached hydrogen (secondary N) is 4. The van der Waals surface area contributed by atoms with Crippen LogP contribution in [-0.4, -0.2) is 150 Å². The molecule has 3 heterocycles. The van der Waals surface area contributed by atoms with Crippen molar-refractivity contribution in [1.82, 2.24) is 40.5 Å². The lowest BCUT2D eigenvalue weighted by molar-refractivity contribution is -0.385.